The summed E-state index contributed by atoms with van der Waals surface area (Å²) in [5.41, 5.74) is 3.59. The minimum atomic E-state index is -0.525. The number of aryl methyl sites for hydroxylation is 1. The van der Waals surface area contributed by atoms with Crippen LogP contribution in [0.4, 0.5) is 0 Å². The molecule has 1 heterocycles. The molecule has 1 N–H and O–H groups in total. The molecule has 1 atom stereocenters. The highest BCUT2D eigenvalue weighted by atomic mass is 16.5. The van der Waals surface area contributed by atoms with Gasteiger partial charge in [0.1, 0.15) is 5.75 Å². The topological polar surface area (TPSA) is 41.6 Å². The number of nitrogens with one attached hydrogen (secondary N) is 1. The molecule has 144 valence electrons. The van der Waals surface area contributed by atoms with Crippen molar-refractivity contribution in [1.29, 1.82) is 0 Å². The molecule has 0 radical (unpaired) electrons. The zero-order chi connectivity index (χ0) is 19.1. The first-order valence-electron chi connectivity index (χ1n) is 9.98. The van der Waals surface area contributed by atoms with E-state index in [-0.39, 0.29) is 5.91 Å². The third-order valence-electron chi connectivity index (χ3n) is 5.19. The van der Waals surface area contributed by atoms with Gasteiger partial charge in [0, 0.05) is 13.1 Å². The lowest BCUT2D eigenvalue weighted by molar-refractivity contribution is -0.127. The molecular weight excluding hydrogens is 336 g/mol. The summed E-state index contributed by atoms with van der Waals surface area (Å²) < 4.78 is 5.90. The number of nitrogens with zero attached hydrogens (tertiary/aromatic N) is 1. The number of carbonyl (C=O) groups is 1. The first kappa shape index (κ1) is 19.4. The Morgan fingerprint density at radius 1 is 1.04 bits per heavy atom. The molecule has 1 fully saturated rings. The molecule has 0 unspecified atom stereocenters. The van der Waals surface area contributed by atoms with Crippen LogP contribution in [-0.4, -0.2) is 30.0 Å². The zero-order valence-corrected chi connectivity index (χ0v) is 16.4. The number of amides is 1. The molecule has 1 saturated heterocycles. The fraction of sp³-hybridized carbons (Fsp3) is 0.435. The third-order valence-corrected chi connectivity index (χ3v) is 5.19. The van der Waals surface area contributed by atoms with E-state index in [0.717, 1.165) is 24.3 Å². The number of carbonyl (C=O) groups excluding carboxylic acids is 1. The minimum absolute atomic E-state index is 0.0862. The summed E-state index contributed by atoms with van der Waals surface area (Å²) in [7, 11) is 0. The second-order valence-corrected chi connectivity index (χ2v) is 7.19. The molecule has 27 heavy (non-hydrogen) atoms. The summed E-state index contributed by atoms with van der Waals surface area (Å²) in [6.07, 6.45) is 2.93. The summed E-state index contributed by atoms with van der Waals surface area (Å²) in [5, 5.41) is 3.04. The fourth-order valence-corrected chi connectivity index (χ4v) is 3.55. The van der Waals surface area contributed by atoms with Gasteiger partial charge in [-0.3, -0.25) is 9.69 Å². The van der Waals surface area contributed by atoms with Gasteiger partial charge in [0.25, 0.3) is 5.91 Å². The third kappa shape index (κ3) is 5.33. The van der Waals surface area contributed by atoms with E-state index in [1.165, 1.54) is 37.1 Å². The normalized spacial score (nSPS) is 15.5. The number of para-hydroxylation sites is 1. The Morgan fingerprint density at radius 3 is 2.37 bits per heavy atom. The van der Waals surface area contributed by atoms with Crippen LogP contribution in [-0.2, 0) is 24.3 Å². The van der Waals surface area contributed by atoms with E-state index >= 15 is 0 Å². The minimum Gasteiger partial charge on any atom is -0.481 e. The van der Waals surface area contributed by atoms with Crippen molar-refractivity contribution in [2.75, 3.05) is 13.1 Å². The van der Waals surface area contributed by atoms with Gasteiger partial charge in [-0.1, -0.05) is 49.4 Å². The highest BCUT2D eigenvalue weighted by molar-refractivity contribution is 5.80. The highest BCUT2D eigenvalue weighted by Gasteiger charge is 2.17. The average Bonchev–Trinajstić information content (AvgIpc) is 3.20. The van der Waals surface area contributed by atoms with Crippen LogP contribution in [0, 0.1) is 0 Å². The Labute approximate surface area is 162 Å². The van der Waals surface area contributed by atoms with E-state index in [9.17, 15) is 4.79 Å². The van der Waals surface area contributed by atoms with Crippen LogP contribution in [0.3, 0.4) is 0 Å². The lowest BCUT2D eigenvalue weighted by Crippen LogP contribution is -2.36. The standard InChI is InChI=1S/C23H30N2O2/c1-3-19-10-6-7-13-22(19)27-18(2)23(26)24-16-20-11-4-5-12-21(20)17-25-14-8-9-15-25/h4-7,10-13,18H,3,8-9,14-17H2,1-2H3,(H,24,26)/t18-/m0/s1. The Balaban J connectivity index is 1.57. The molecule has 0 aliphatic carbocycles. The second-order valence-electron chi connectivity index (χ2n) is 7.19. The molecular formula is C23H30N2O2. The average molecular weight is 367 g/mol. The Hall–Kier alpha value is -2.33. The molecule has 0 aromatic heterocycles. The van der Waals surface area contributed by atoms with Gasteiger partial charge < -0.3 is 10.1 Å². The van der Waals surface area contributed by atoms with Crippen molar-refractivity contribution in [2.45, 2.75) is 52.3 Å². The number of ether oxygens (including phenoxy) is 1. The first-order valence-corrected chi connectivity index (χ1v) is 9.98. The molecule has 1 aliphatic heterocycles. The Kier molecular flexibility index (Phi) is 6.88. The molecule has 3 rings (SSSR count). The molecule has 2 aromatic carbocycles. The number of hydrogen-bond acceptors (Lipinski definition) is 3. The Bertz CT molecular complexity index is 754. The van der Waals surface area contributed by atoms with Crippen LogP contribution in [0.25, 0.3) is 0 Å². The van der Waals surface area contributed by atoms with E-state index in [0.29, 0.717) is 6.54 Å². The largest absolute Gasteiger partial charge is 0.481 e. The van der Waals surface area contributed by atoms with E-state index in [4.69, 9.17) is 4.74 Å². The SMILES string of the molecule is CCc1ccccc1O[C@@H](C)C(=O)NCc1ccccc1CN1CCCC1. The van der Waals surface area contributed by atoms with Crippen molar-refractivity contribution >= 4 is 5.91 Å². The molecule has 2 aromatic rings. The summed E-state index contributed by atoms with van der Waals surface area (Å²) in [5.74, 6) is 0.703. The summed E-state index contributed by atoms with van der Waals surface area (Å²) in [6, 6.07) is 16.3. The maximum Gasteiger partial charge on any atom is 0.261 e. The molecule has 1 aliphatic rings. The predicted octanol–water partition coefficient (Wildman–Crippen LogP) is 3.93. The van der Waals surface area contributed by atoms with Crippen molar-refractivity contribution in [3.05, 3.63) is 65.2 Å². The molecule has 0 spiro atoms. The lowest BCUT2D eigenvalue weighted by atomic mass is 10.1. The maximum absolute atomic E-state index is 12.5. The maximum atomic E-state index is 12.5. The smallest absolute Gasteiger partial charge is 0.261 e. The van der Waals surface area contributed by atoms with Gasteiger partial charge in [-0.15, -0.1) is 0 Å². The van der Waals surface area contributed by atoms with Crippen molar-refractivity contribution in [2.24, 2.45) is 0 Å². The number of likely N-dealkylation sites (tertiary alicyclic amines) is 1. The summed E-state index contributed by atoms with van der Waals surface area (Å²) in [6.45, 7) is 7.72. The van der Waals surface area contributed by atoms with E-state index in [1.54, 1.807) is 6.92 Å². The molecule has 1 amide bonds. The van der Waals surface area contributed by atoms with E-state index in [1.807, 2.05) is 30.3 Å². The van der Waals surface area contributed by atoms with E-state index in [2.05, 4.69) is 35.3 Å². The van der Waals surface area contributed by atoms with Gasteiger partial charge in [0.05, 0.1) is 0 Å². The molecule has 0 bridgehead atoms. The quantitative estimate of drug-likeness (QED) is 0.770. The fourth-order valence-electron chi connectivity index (χ4n) is 3.55. The monoisotopic (exact) mass is 366 g/mol. The number of hydrogen-bond donors (Lipinski definition) is 1. The highest BCUT2D eigenvalue weighted by Crippen LogP contribution is 2.20. The van der Waals surface area contributed by atoms with Crippen molar-refractivity contribution in [3.8, 4) is 5.75 Å². The molecule has 0 saturated carbocycles. The van der Waals surface area contributed by atoms with Crippen LogP contribution in [0.15, 0.2) is 48.5 Å². The van der Waals surface area contributed by atoms with Crippen molar-refractivity contribution in [3.63, 3.8) is 0 Å². The van der Waals surface area contributed by atoms with Crippen LogP contribution in [0.1, 0.15) is 43.4 Å². The summed E-state index contributed by atoms with van der Waals surface area (Å²) in [4.78, 5) is 15.0. The van der Waals surface area contributed by atoms with Crippen LogP contribution in [0.5, 0.6) is 5.75 Å². The lowest BCUT2D eigenvalue weighted by Gasteiger charge is -2.19. The van der Waals surface area contributed by atoms with Gasteiger partial charge in [-0.25, -0.2) is 0 Å². The number of rotatable bonds is 8. The zero-order valence-electron chi connectivity index (χ0n) is 16.4. The van der Waals surface area contributed by atoms with Crippen LogP contribution >= 0.6 is 0 Å². The van der Waals surface area contributed by atoms with Gasteiger partial charge in [-0.05, 0) is 62.0 Å². The molecule has 4 nitrogen and oxygen atoms in total. The predicted molar refractivity (Wildman–Crippen MR) is 109 cm³/mol. The van der Waals surface area contributed by atoms with Crippen molar-refractivity contribution in [1.82, 2.24) is 10.2 Å². The van der Waals surface area contributed by atoms with Gasteiger partial charge in [0.15, 0.2) is 6.10 Å². The summed E-state index contributed by atoms with van der Waals surface area (Å²) >= 11 is 0. The number of benzene rings is 2. The molecule has 4 heteroatoms. The van der Waals surface area contributed by atoms with Gasteiger partial charge >= 0.3 is 0 Å². The van der Waals surface area contributed by atoms with Crippen LogP contribution < -0.4 is 10.1 Å². The Morgan fingerprint density at radius 2 is 1.67 bits per heavy atom. The first-order chi connectivity index (χ1) is 13.2. The van der Waals surface area contributed by atoms with Gasteiger partial charge in [-0.2, -0.15) is 0 Å². The van der Waals surface area contributed by atoms with Gasteiger partial charge in [0.2, 0.25) is 0 Å². The second kappa shape index (κ2) is 9.56. The van der Waals surface area contributed by atoms with Crippen molar-refractivity contribution < 1.29 is 9.53 Å². The van der Waals surface area contributed by atoms with Crippen LogP contribution in [0.2, 0.25) is 0 Å². The van der Waals surface area contributed by atoms with E-state index < -0.39 is 6.10 Å².